The van der Waals surface area contributed by atoms with E-state index in [-0.39, 0.29) is 18.7 Å². The van der Waals surface area contributed by atoms with E-state index in [1.807, 2.05) is 0 Å². The Balaban J connectivity index is 2.98. The van der Waals surface area contributed by atoms with Crippen LogP contribution < -0.4 is 5.73 Å². The van der Waals surface area contributed by atoms with Crippen LogP contribution in [0.5, 0.6) is 0 Å². The smallest absolute Gasteiger partial charge is 0.290 e. The van der Waals surface area contributed by atoms with Crippen molar-refractivity contribution in [2.45, 2.75) is 12.3 Å². The summed E-state index contributed by atoms with van der Waals surface area (Å²) >= 11 is 3.03. The third-order valence-corrected chi connectivity index (χ3v) is 2.07. The molecule has 3 nitrogen and oxygen atoms in total. The highest BCUT2D eigenvalue weighted by Crippen LogP contribution is 2.31. The fraction of sp³-hybridized carbons (Fsp3) is 0.571. The second kappa shape index (κ2) is 3.71. The highest BCUT2D eigenvalue weighted by Gasteiger charge is 2.34. The lowest BCUT2D eigenvalue weighted by Gasteiger charge is -2.14. The Bertz CT molecular complexity index is 298. The van der Waals surface area contributed by atoms with Crippen molar-refractivity contribution in [3.8, 4) is 0 Å². The molecule has 0 atom stereocenters. The van der Waals surface area contributed by atoms with Crippen molar-refractivity contribution in [1.29, 1.82) is 0 Å². The van der Waals surface area contributed by atoms with E-state index in [1.165, 1.54) is 13.1 Å². The Morgan fingerprint density at radius 2 is 2.31 bits per heavy atom. The summed E-state index contributed by atoms with van der Waals surface area (Å²) in [4.78, 5) is 0. The number of aryl methyl sites for hydroxylation is 1. The van der Waals surface area contributed by atoms with Crippen LogP contribution in [0.4, 0.5) is 8.78 Å². The van der Waals surface area contributed by atoms with Gasteiger partial charge in [0.2, 0.25) is 0 Å². The predicted molar refractivity (Wildman–Crippen MR) is 48.5 cm³/mol. The van der Waals surface area contributed by atoms with Gasteiger partial charge in [-0.15, -0.1) is 0 Å². The Morgan fingerprint density at radius 3 is 2.69 bits per heavy atom. The molecule has 0 aliphatic heterocycles. The summed E-state index contributed by atoms with van der Waals surface area (Å²) in [6, 6.07) is 1.30. The van der Waals surface area contributed by atoms with Crippen LogP contribution in [0.1, 0.15) is 12.1 Å². The van der Waals surface area contributed by atoms with E-state index in [0.717, 1.165) is 4.68 Å². The molecule has 1 aromatic rings. The number of nitrogens with two attached hydrogens (primary N) is 1. The van der Waals surface area contributed by atoms with E-state index in [4.69, 9.17) is 5.73 Å². The molecule has 0 fully saturated rings. The van der Waals surface area contributed by atoms with Crippen molar-refractivity contribution in [2.75, 3.05) is 6.54 Å². The van der Waals surface area contributed by atoms with Gasteiger partial charge in [0.25, 0.3) is 5.92 Å². The highest BCUT2D eigenvalue weighted by atomic mass is 79.9. The summed E-state index contributed by atoms with van der Waals surface area (Å²) in [5.74, 6) is -2.90. The largest absolute Gasteiger partial charge is 0.330 e. The van der Waals surface area contributed by atoms with E-state index in [1.54, 1.807) is 0 Å². The maximum absolute atomic E-state index is 13.3. The summed E-state index contributed by atoms with van der Waals surface area (Å²) < 4.78 is 28.1. The van der Waals surface area contributed by atoms with Gasteiger partial charge in [0.05, 0.1) is 0 Å². The van der Waals surface area contributed by atoms with Gasteiger partial charge < -0.3 is 5.73 Å². The number of alkyl halides is 2. The monoisotopic (exact) mass is 253 g/mol. The van der Waals surface area contributed by atoms with Gasteiger partial charge in [0, 0.05) is 13.5 Å². The molecule has 1 rings (SSSR count). The first kappa shape index (κ1) is 10.6. The third-order valence-electron chi connectivity index (χ3n) is 1.68. The zero-order valence-corrected chi connectivity index (χ0v) is 8.68. The van der Waals surface area contributed by atoms with Gasteiger partial charge >= 0.3 is 0 Å². The summed E-state index contributed by atoms with van der Waals surface area (Å²) in [5.41, 5.74) is 4.97. The summed E-state index contributed by atoms with van der Waals surface area (Å²) in [6.45, 7) is -0.0458. The minimum atomic E-state index is -2.90. The molecule has 0 aliphatic carbocycles. The molecule has 1 heterocycles. The van der Waals surface area contributed by atoms with Crippen molar-refractivity contribution < 1.29 is 8.78 Å². The summed E-state index contributed by atoms with van der Waals surface area (Å²) in [7, 11) is 1.48. The molecular weight excluding hydrogens is 244 g/mol. The third kappa shape index (κ3) is 2.25. The second-order valence-electron chi connectivity index (χ2n) is 2.72. The average molecular weight is 254 g/mol. The van der Waals surface area contributed by atoms with E-state index in [2.05, 4.69) is 21.0 Å². The topological polar surface area (TPSA) is 43.8 Å². The minimum Gasteiger partial charge on any atom is -0.330 e. The summed E-state index contributed by atoms with van der Waals surface area (Å²) in [6.07, 6.45) is -0.362. The van der Waals surface area contributed by atoms with Gasteiger partial charge in [-0.05, 0) is 28.5 Å². The Kier molecular flexibility index (Phi) is 3.02. The SMILES string of the molecule is Cn1nc(Br)cc1C(F)(F)CCN. The van der Waals surface area contributed by atoms with Gasteiger partial charge in [-0.1, -0.05) is 0 Å². The van der Waals surface area contributed by atoms with Crippen LogP contribution in [-0.4, -0.2) is 16.3 Å². The van der Waals surface area contributed by atoms with E-state index in [0.29, 0.717) is 4.60 Å². The molecule has 6 heteroatoms. The van der Waals surface area contributed by atoms with Crippen LogP contribution in [0.3, 0.4) is 0 Å². The van der Waals surface area contributed by atoms with Gasteiger partial charge in [-0.3, -0.25) is 4.68 Å². The zero-order valence-electron chi connectivity index (χ0n) is 7.10. The fourth-order valence-electron chi connectivity index (χ4n) is 1.08. The minimum absolute atomic E-state index is 0.0458. The molecule has 0 radical (unpaired) electrons. The van der Waals surface area contributed by atoms with Crippen molar-refractivity contribution >= 4 is 15.9 Å². The molecule has 0 bridgehead atoms. The first-order valence-corrected chi connectivity index (χ1v) is 4.54. The van der Waals surface area contributed by atoms with Crippen LogP contribution in [0.2, 0.25) is 0 Å². The number of hydrogen-bond donors (Lipinski definition) is 1. The van der Waals surface area contributed by atoms with E-state index < -0.39 is 5.92 Å². The Morgan fingerprint density at radius 1 is 1.69 bits per heavy atom. The molecule has 0 amide bonds. The molecule has 1 aromatic heterocycles. The second-order valence-corrected chi connectivity index (χ2v) is 3.53. The molecule has 0 aromatic carbocycles. The van der Waals surface area contributed by atoms with E-state index >= 15 is 0 Å². The lowest BCUT2D eigenvalue weighted by molar-refractivity contribution is -0.0187. The lowest BCUT2D eigenvalue weighted by atomic mass is 10.2. The van der Waals surface area contributed by atoms with E-state index in [9.17, 15) is 8.78 Å². The van der Waals surface area contributed by atoms with Gasteiger partial charge in [-0.25, -0.2) is 0 Å². The van der Waals surface area contributed by atoms with Crippen molar-refractivity contribution in [3.63, 3.8) is 0 Å². The molecule has 13 heavy (non-hydrogen) atoms. The molecule has 0 unspecified atom stereocenters. The van der Waals surface area contributed by atoms with Crippen molar-refractivity contribution in [1.82, 2.24) is 9.78 Å². The first-order chi connectivity index (χ1) is 5.97. The molecule has 2 N–H and O–H groups in total. The molecule has 0 aliphatic rings. The zero-order chi connectivity index (χ0) is 10.1. The quantitative estimate of drug-likeness (QED) is 0.890. The van der Waals surface area contributed by atoms with Crippen molar-refractivity contribution in [2.24, 2.45) is 12.8 Å². The van der Waals surface area contributed by atoms with Crippen molar-refractivity contribution in [3.05, 3.63) is 16.4 Å². The highest BCUT2D eigenvalue weighted by molar-refractivity contribution is 9.10. The molecule has 0 spiro atoms. The Hall–Kier alpha value is -0.490. The van der Waals surface area contributed by atoms with Crippen LogP contribution in [0, 0.1) is 0 Å². The maximum atomic E-state index is 13.3. The average Bonchev–Trinajstić information content (AvgIpc) is 2.30. The lowest BCUT2D eigenvalue weighted by Crippen LogP contribution is -2.21. The number of hydrogen-bond acceptors (Lipinski definition) is 2. The number of nitrogens with zero attached hydrogens (tertiary/aromatic N) is 2. The maximum Gasteiger partial charge on any atom is 0.290 e. The predicted octanol–water partition coefficient (Wildman–Crippen LogP) is 1.62. The van der Waals surface area contributed by atoms with Crippen LogP contribution in [0.25, 0.3) is 0 Å². The molecule has 74 valence electrons. The van der Waals surface area contributed by atoms with Gasteiger partial charge in [0.1, 0.15) is 10.3 Å². The molecular formula is C7H10BrF2N3. The number of aromatic nitrogens is 2. The van der Waals surface area contributed by atoms with Gasteiger partial charge in [-0.2, -0.15) is 13.9 Å². The summed E-state index contributed by atoms with van der Waals surface area (Å²) in [5, 5.41) is 3.77. The fourth-order valence-corrected chi connectivity index (χ4v) is 1.54. The first-order valence-electron chi connectivity index (χ1n) is 3.75. The molecule has 0 saturated carbocycles. The Labute approximate surface area is 83.0 Å². The number of rotatable bonds is 3. The van der Waals surface area contributed by atoms with Gasteiger partial charge in [0.15, 0.2) is 0 Å². The van der Waals surface area contributed by atoms with Crippen LogP contribution in [0.15, 0.2) is 10.7 Å². The normalized spacial score (nSPS) is 12.1. The van der Waals surface area contributed by atoms with Crippen LogP contribution >= 0.6 is 15.9 Å². The van der Waals surface area contributed by atoms with Crippen LogP contribution in [-0.2, 0) is 13.0 Å². The molecule has 0 saturated heterocycles. The standard InChI is InChI=1S/C7H10BrF2N3/c1-13-5(4-6(8)12-13)7(9,10)2-3-11/h4H,2-3,11H2,1H3. The number of halogens is 3.